The molecular formula is C22H25ClN2O2. The molecule has 2 aromatic carbocycles. The molecule has 0 unspecified atom stereocenters. The standard InChI is InChI=1S/C22H25ClN2O2/c23-19-7-4-8-20(15-19)25-22(27)18-11-9-17(10-12-18)21(26)24-14-13-16-5-2-1-3-6-16/h1-8,15,17-18H,9-14H2,(H,24,26)(H,25,27). The van der Waals surface area contributed by atoms with Gasteiger partial charge in [0.1, 0.15) is 0 Å². The first kappa shape index (κ1) is 19.4. The monoisotopic (exact) mass is 384 g/mol. The van der Waals surface area contributed by atoms with Gasteiger partial charge in [-0.2, -0.15) is 0 Å². The van der Waals surface area contributed by atoms with Gasteiger partial charge in [-0.25, -0.2) is 0 Å². The van der Waals surface area contributed by atoms with Crippen LogP contribution in [0.25, 0.3) is 0 Å². The van der Waals surface area contributed by atoms with Gasteiger partial charge < -0.3 is 10.6 Å². The molecule has 0 aliphatic heterocycles. The van der Waals surface area contributed by atoms with Gasteiger partial charge in [-0.05, 0) is 55.9 Å². The van der Waals surface area contributed by atoms with Crippen LogP contribution in [0.1, 0.15) is 31.2 Å². The van der Waals surface area contributed by atoms with Gasteiger partial charge in [0, 0.05) is 29.1 Å². The van der Waals surface area contributed by atoms with Gasteiger partial charge in [0.2, 0.25) is 11.8 Å². The van der Waals surface area contributed by atoms with Crippen molar-refractivity contribution in [2.75, 3.05) is 11.9 Å². The van der Waals surface area contributed by atoms with Crippen LogP contribution in [0.15, 0.2) is 54.6 Å². The van der Waals surface area contributed by atoms with Gasteiger partial charge in [-0.15, -0.1) is 0 Å². The molecule has 2 amide bonds. The number of rotatable bonds is 6. The van der Waals surface area contributed by atoms with Gasteiger partial charge in [0.05, 0.1) is 0 Å². The number of hydrogen-bond donors (Lipinski definition) is 2. The topological polar surface area (TPSA) is 58.2 Å². The molecule has 1 aliphatic rings. The summed E-state index contributed by atoms with van der Waals surface area (Å²) < 4.78 is 0. The van der Waals surface area contributed by atoms with E-state index in [1.54, 1.807) is 12.1 Å². The van der Waals surface area contributed by atoms with E-state index in [0.717, 1.165) is 32.1 Å². The van der Waals surface area contributed by atoms with E-state index in [4.69, 9.17) is 11.6 Å². The fourth-order valence-electron chi connectivity index (χ4n) is 3.55. The molecule has 3 rings (SSSR count). The summed E-state index contributed by atoms with van der Waals surface area (Å²) in [4.78, 5) is 24.8. The number of anilines is 1. The second-order valence-electron chi connectivity index (χ2n) is 7.07. The molecule has 0 radical (unpaired) electrons. The Labute approximate surface area is 165 Å². The molecule has 2 N–H and O–H groups in total. The van der Waals surface area contributed by atoms with Crippen molar-refractivity contribution in [2.45, 2.75) is 32.1 Å². The third-order valence-electron chi connectivity index (χ3n) is 5.12. The Morgan fingerprint density at radius 2 is 1.56 bits per heavy atom. The Hall–Kier alpha value is -2.33. The van der Waals surface area contributed by atoms with Gasteiger partial charge in [0.25, 0.3) is 0 Å². The van der Waals surface area contributed by atoms with Crippen LogP contribution in [-0.2, 0) is 16.0 Å². The molecule has 142 valence electrons. The van der Waals surface area contributed by atoms with Crippen molar-refractivity contribution < 1.29 is 9.59 Å². The Bertz CT molecular complexity index is 771. The highest BCUT2D eigenvalue weighted by molar-refractivity contribution is 6.30. The van der Waals surface area contributed by atoms with E-state index in [-0.39, 0.29) is 23.7 Å². The summed E-state index contributed by atoms with van der Waals surface area (Å²) in [7, 11) is 0. The van der Waals surface area contributed by atoms with Crippen molar-refractivity contribution in [1.29, 1.82) is 0 Å². The molecule has 0 bridgehead atoms. The van der Waals surface area contributed by atoms with E-state index < -0.39 is 0 Å². The van der Waals surface area contributed by atoms with E-state index in [2.05, 4.69) is 22.8 Å². The molecule has 4 nitrogen and oxygen atoms in total. The fraction of sp³-hybridized carbons (Fsp3) is 0.364. The molecule has 0 heterocycles. The Morgan fingerprint density at radius 3 is 2.22 bits per heavy atom. The van der Waals surface area contributed by atoms with Crippen LogP contribution < -0.4 is 10.6 Å². The number of hydrogen-bond acceptors (Lipinski definition) is 2. The SMILES string of the molecule is O=C(NCCc1ccccc1)C1CCC(C(=O)Nc2cccc(Cl)c2)CC1. The lowest BCUT2D eigenvalue weighted by atomic mass is 9.81. The van der Waals surface area contributed by atoms with Crippen LogP contribution in [0.5, 0.6) is 0 Å². The lowest BCUT2D eigenvalue weighted by molar-refractivity contribution is -0.128. The van der Waals surface area contributed by atoms with Crippen LogP contribution in [0.3, 0.4) is 0 Å². The molecule has 1 aliphatic carbocycles. The zero-order chi connectivity index (χ0) is 19.1. The number of halogens is 1. The fourth-order valence-corrected chi connectivity index (χ4v) is 3.74. The minimum absolute atomic E-state index is 0.0102. The van der Waals surface area contributed by atoms with E-state index >= 15 is 0 Å². The molecule has 1 fully saturated rings. The summed E-state index contributed by atoms with van der Waals surface area (Å²) in [5, 5.41) is 6.56. The van der Waals surface area contributed by atoms with Gasteiger partial charge in [-0.1, -0.05) is 48.0 Å². The van der Waals surface area contributed by atoms with Gasteiger partial charge in [0.15, 0.2) is 0 Å². The molecular weight excluding hydrogens is 360 g/mol. The molecule has 1 saturated carbocycles. The maximum atomic E-state index is 12.4. The molecule has 27 heavy (non-hydrogen) atoms. The zero-order valence-electron chi connectivity index (χ0n) is 15.3. The third kappa shape index (κ3) is 5.83. The zero-order valence-corrected chi connectivity index (χ0v) is 16.0. The highest BCUT2D eigenvalue weighted by Crippen LogP contribution is 2.30. The van der Waals surface area contributed by atoms with Crippen LogP contribution in [-0.4, -0.2) is 18.4 Å². The first-order valence-corrected chi connectivity index (χ1v) is 9.87. The first-order valence-electron chi connectivity index (χ1n) is 9.50. The summed E-state index contributed by atoms with van der Waals surface area (Å²) in [5.74, 6) is 0.0909. The van der Waals surface area contributed by atoms with Crippen molar-refractivity contribution in [3.05, 3.63) is 65.2 Å². The van der Waals surface area contributed by atoms with Crippen LogP contribution in [0.2, 0.25) is 5.02 Å². The van der Waals surface area contributed by atoms with Crippen LogP contribution in [0, 0.1) is 11.8 Å². The molecule has 0 atom stereocenters. The van der Waals surface area contributed by atoms with Crippen molar-refractivity contribution in [1.82, 2.24) is 5.32 Å². The summed E-state index contributed by atoms with van der Waals surface area (Å²) in [6.45, 7) is 0.651. The molecule has 0 aromatic heterocycles. The normalized spacial score (nSPS) is 19.3. The minimum Gasteiger partial charge on any atom is -0.356 e. The van der Waals surface area contributed by atoms with E-state index in [1.165, 1.54) is 5.56 Å². The number of carbonyl (C=O) groups excluding carboxylic acids is 2. The van der Waals surface area contributed by atoms with E-state index in [1.807, 2.05) is 30.3 Å². The molecule has 0 saturated heterocycles. The van der Waals surface area contributed by atoms with Crippen molar-refractivity contribution >= 4 is 29.1 Å². The average Bonchev–Trinajstić information content (AvgIpc) is 2.69. The van der Waals surface area contributed by atoms with E-state index in [9.17, 15) is 9.59 Å². The Balaban J connectivity index is 1.40. The largest absolute Gasteiger partial charge is 0.356 e. The van der Waals surface area contributed by atoms with E-state index in [0.29, 0.717) is 17.3 Å². The van der Waals surface area contributed by atoms with Crippen molar-refractivity contribution in [3.8, 4) is 0 Å². The number of amides is 2. The second-order valence-corrected chi connectivity index (χ2v) is 7.51. The highest BCUT2D eigenvalue weighted by atomic mass is 35.5. The van der Waals surface area contributed by atoms with Crippen LogP contribution >= 0.6 is 11.6 Å². The van der Waals surface area contributed by atoms with Gasteiger partial charge in [-0.3, -0.25) is 9.59 Å². The summed E-state index contributed by atoms with van der Waals surface area (Å²) in [6.07, 6.45) is 3.83. The van der Waals surface area contributed by atoms with Crippen molar-refractivity contribution in [2.24, 2.45) is 11.8 Å². The van der Waals surface area contributed by atoms with Crippen LogP contribution in [0.4, 0.5) is 5.69 Å². The predicted octanol–water partition coefficient (Wildman–Crippen LogP) is 4.44. The average molecular weight is 385 g/mol. The third-order valence-corrected chi connectivity index (χ3v) is 5.35. The second kappa shape index (κ2) is 9.56. The summed E-state index contributed by atoms with van der Waals surface area (Å²) in [5.41, 5.74) is 1.94. The smallest absolute Gasteiger partial charge is 0.227 e. The first-order chi connectivity index (χ1) is 13.1. The summed E-state index contributed by atoms with van der Waals surface area (Å²) >= 11 is 5.95. The number of benzene rings is 2. The maximum absolute atomic E-state index is 12.4. The minimum atomic E-state index is -0.0441. The Morgan fingerprint density at radius 1 is 0.889 bits per heavy atom. The van der Waals surface area contributed by atoms with Gasteiger partial charge >= 0.3 is 0 Å². The molecule has 5 heteroatoms. The highest BCUT2D eigenvalue weighted by Gasteiger charge is 2.29. The lowest BCUT2D eigenvalue weighted by Crippen LogP contribution is -2.36. The van der Waals surface area contributed by atoms with Crippen molar-refractivity contribution in [3.63, 3.8) is 0 Å². The molecule has 2 aromatic rings. The number of carbonyl (C=O) groups is 2. The Kier molecular flexibility index (Phi) is 6.88. The maximum Gasteiger partial charge on any atom is 0.227 e. The molecule has 0 spiro atoms. The lowest BCUT2D eigenvalue weighted by Gasteiger charge is -2.27. The predicted molar refractivity (Wildman–Crippen MR) is 109 cm³/mol. The quantitative estimate of drug-likeness (QED) is 0.773. The number of nitrogens with one attached hydrogen (secondary N) is 2. The summed E-state index contributed by atoms with van der Waals surface area (Å²) in [6, 6.07) is 17.3.